The zero-order chi connectivity index (χ0) is 9.99. The minimum atomic E-state index is 0.417. The van der Waals surface area contributed by atoms with Gasteiger partial charge in [-0.15, -0.1) is 0 Å². The van der Waals surface area contributed by atoms with Gasteiger partial charge in [-0.2, -0.15) is 0 Å². The van der Waals surface area contributed by atoms with Crippen LogP contribution in [-0.4, -0.2) is 30.7 Å². The molecule has 0 saturated carbocycles. The zero-order valence-electron chi connectivity index (χ0n) is 9.94. The summed E-state index contributed by atoms with van der Waals surface area (Å²) in [6.07, 6.45) is 0. The van der Waals surface area contributed by atoms with Crippen LogP contribution in [0, 0.1) is 5.41 Å². The lowest BCUT2D eigenvalue weighted by Gasteiger charge is -2.44. The third-order valence-electron chi connectivity index (χ3n) is 3.63. The Bertz CT molecular complexity index is 128. The fourth-order valence-corrected chi connectivity index (χ4v) is 1.71. The van der Waals surface area contributed by atoms with E-state index in [0.717, 1.165) is 6.04 Å². The SMILES string of the molecule is CC[N+](C)(CC)C(C)C(C)(C)C. The molecule has 0 N–H and O–H groups in total. The molecular weight excluding hydrogens is 146 g/mol. The normalized spacial score (nSPS) is 16.2. The molecule has 0 spiro atoms. The largest absolute Gasteiger partial charge is 0.324 e. The molecule has 1 atom stereocenters. The molecule has 1 unspecified atom stereocenters. The van der Waals surface area contributed by atoms with Gasteiger partial charge in [-0.25, -0.2) is 0 Å². The summed E-state index contributed by atoms with van der Waals surface area (Å²) in [6, 6.07) is 0.729. The second-order valence-corrected chi connectivity index (χ2v) is 5.15. The molecule has 74 valence electrons. The first-order valence-electron chi connectivity index (χ1n) is 5.12. The lowest BCUT2D eigenvalue weighted by atomic mass is 9.85. The van der Waals surface area contributed by atoms with Crippen LogP contribution in [0.3, 0.4) is 0 Å². The molecule has 0 aromatic rings. The molecule has 0 aliphatic carbocycles. The van der Waals surface area contributed by atoms with Gasteiger partial charge in [-0.05, 0) is 20.8 Å². The van der Waals surface area contributed by atoms with Crippen molar-refractivity contribution in [1.29, 1.82) is 0 Å². The standard InChI is InChI=1S/C11H26N/c1-8-12(7,9-2)10(3)11(4,5)6/h10H,8-9H2,1-7H3/q+1. The summed E-state index contributed by atoms with van der Waals surface area (Å²) >= 11 is 0. The van der Waals surface area contributed by atoms with Crippen molar-refractivity contribution >= 4 is 0 Å². The summed E-state index contributed by atoms with van der Waals surface area (Å²) in [7, 11) is 2.36. The number of nitrogens with zero attached hydrogens (tertiary/aromatic N) is 1. The van der Waals surface area contributed by atoms with Gasteiger partial charge < -0.3 is 4.48 Å². The first-order chi connectivity index (χ1) is 5.28. The fourth-order valence-electron chi connectivity index (χ4n) is 1.71. The van der Waals surface area contributed by atoms with E-state index in [9.17, 15) is 0 Å². The van der Waals surface area contributed by atoms with Crippen molar-refractivity contribution in [3.05, 3.63) is 0 Å². The highest BCUT2D eigenvalue weighted by atomic mass is 15.3. The minimum absolute atomic E-state index is 0.417. The predicted molar refractivity (Wildman–Crippen MR) is 56.2 cm³/mol. The van der Waals surface area contributed by atoms with Gasteiger partial charge in [0.05, 0.1) is 26.2 Å². The molecule has 0 amide bonds. The minimum Gasteiger partial charge on any atom is -0.324 e. The van der Waals surface area contributed by atoms with Crippen molar-refractivity contribution in [2.24, 2.45) is 5.41 Å². The fraction of sp³-hybridized carbons (Fsp3) is 1.00. The molecule has 1 heteroatoms. The van der Waals surface area contributed by atoms with Crippen LogP contribution >= 0.6 is 0 Å². The van der Waals surface area contributed by atoms with E-state index >= 15 is 0 Å². The van der Waals surface area contributed by atoms with Crippen molar-refractivity contribution in [2.75, 3.05) is 20.1 Å². The molecule has 0 aliphatic rings. The third-order valence-corrected chi connectivity index (χ3v) is 3.63. The third kappa shape index (κ3) is 2.48. The predicted octanol–water partition coefficient (Wildman–Crippen LogP) is 2.91. The van der Waals surface area contributed by atoms with E-state index in [1.807, 2.05) is 0 Å². The monoisotopic (exact) mass is 172 g/mol. The summed E-state index contributed by atoms with van der Waals surface area (Å²) < 4.78 is 1.18. The van der Waals surface area contributed by atoms with Gasteiger partial charge in [0.2, 0.25) is 0 Å². The van der Waals surface area contributed by atoms with E-state index in [0.29, 0.717) is 5.41 Å². The maximum Gasteiger partial charge on any atom is 0.0908 e. The van der Waals surface area contributed by atoms with Gasteiger partial charge in [-0.3, -0.25) is 0 Å². The van der Waals surface area contributed by atoms with Crippen LogP contribution < -0.4 is 0 Å². The Hall–Kier alpha value is -0.0400. The lowest BCUT2D eigenvalue weighted by molar-refractivity contribution is -0.935. The Morgan fingerprint density at radius 2 is 1.42 bits per heavy atom. The van der Waals surface area contributed by atoms with Crippen molar-refractivity contribution < 1.29 is 4.48 Å². The molecule has 0 fully saturated rings. The molecule has 0 aromatic carbocycles. The van der Waals surface area contributed by atoms with E-state index in [1.165, 1.54) is 17.6 Å². The molecule has 0 saturated heterocycles. The first kappa shape index (κ1) is 12.0. The van der Waals surface area contributed by atoms with Crippen LogP contribution in [0.4, 0.5) is 0 Å². The van der Waals surface area contributed by atoms with Gasteiger partial charge in [-0.1, -0.05) is 20.8 Å². The van der Waals surface area contributed by atoms with Crippen molar-refractivity contribution in [2.45, 2.75) is 47.6 Å². The van der Waals surface area contributed by atoms with E-state index in [-0.39, 0.29) is 0 Å². The first-order valence-corrected chi connectivity index (χ1v) is 5.12. The Balaban J connectivity index is 4.53. The van der Waals surface area contributed by atoms with Crippen molar-refractivity contribution in [3.8, 4) is 0 Å². The van der Waals surface area contributed by atoms with Crippen molar-refractivity contribution in [1.82, 2.24) is 0 Å². The van der Waals surface area contributed by atoms with Crippen LogP contribution in [0.15, 0.2) is 0 Å². The zero-order valence-corrected chi connectivity index (χ0v) is 9.94. The maximum absolute atomic E-state index is 2.37. The van der Waals surface area contributed by atoms with E-state index in [4.69, 9.17) is 0 Å². The summed E-state index contributed by atoms with van der Waals surface area (Å²) in [5.74, 6) is 0. The highest BCUT2D eigenvalue weighted by molar-refractivity contribution is 4.70. The van der Waals surface area contributed by atoms with Crippen LogP contribution in [0.25, 0.3) is 0 Å². The van der Waals surface area contributed by atoms with Gasteiger partial charge in [0.1, 0.15) is 0 Å². The van der Waals surface area contributed by atoms with Gasteiger partial charge in [0.15, 0.2) is 0 Å². The second kappa shape index (κ2) is 3.78. The lowest BCUT2D eigenvalue weighted by Crippen LogP contribution is -2.55. The Labute approximate surface area is 78.4 Å². The van der Waals surface area contributed by atoms with Gasteiger partial charge in [0.25, 0.3) is 0 Å². The molecule has 12 heavy (non-hydrogen) atoms. The van der Waals surface area contributed by atoms with Crippen molar-refractivity contribution in [3.63, 3.8) is 0 Å². The molecular formula is C11H26N+. The Kier molecular flexibility index (Phi) is 3.77. The molecule has 0 aromatic heterocycles. The number of quaternary nitrogens is 1. The quantitative estimate of drug-likeness (QED) is 0.574. The van der Waals surface area contributed by atoms with E-state index in [2.05, 4.69) is 48.6 Å². The van der Waals surface area contributed by atoms with Crippen LogP contribution in [0.1, 0.15) is 41.5 Å². The van der Waals surface area contributed by atoms with Crippen LogP contribution in [0.2, 0.25) is 0 Å². The number of rotatable bonds is 3. The molecule has 1 nitrogen and oxygen atoms in total. The Morgan fingerprint density at radius 3 is 1.50 bits per heavy atom. The topological polar surface area (TPSA) is 0 Å². The molecule has 0 bridgehead atoms. The van der Waals surface area contributed by atoms with E-state index in [1.54, 1.807) is 0 Å². The number of hydrogen-bond acceptors (Lipinski definition) is 0. The molecule has 0 radical (unpaired) electrons. The molecule has 0 aliphatic heterocycles. The average molecular weight is 172 g/mol. The summed E-state index contributed by atoms with van der Waals surface area (Å²) in [5, 5.41) is 0. The summed E-state index contributed by atoms with van der Waals surface area (Å²) in [5.41, 5.74) is 0.417. The summed E-state index contributed by atoms with van der Waals surface area (Å²) in [4.78, 5) is 0. The summed E-state index contributed by atoms with van der Waals surface area (Å²) in [6.45, 7) is 16.4. The molecule has 0 rings (SSSR count). The second-order valence-electron chi connectivity index (χ2n) is 5.15. The highest BCUT2D eigenvalue weighted by Crippen LogP contribution is 2.27. The van der Waals surface area contributed by atoms with E-state index < -0.39 is 0 Å². The Morgan fingerprint density at radius 1 is 1.08 bits per heavy atom. The van der Waals surface area contributed by atoms with Gasteiger partial charge in [0, 0.05) is 5.41 Å². The number of hydrogen-bond donors (Lipinski definition) is 0. The van der Waals surface area contributed by atoms with Gasteiger partial charge >= 0.3 is 0 Å². The average Bonchev–Trinajstić information content (AvgIpc) is 2.00. The molecule has 0 heterocycles. The maximum atomic E-state index is 2.37. The highest BCUT2D eigenvalue weighted by Gasteiger charge is 2.34. The smallest absolute Gasteiger partial charge is 0.0908 e. The van der Waals surface area contributed by atoms with Crippen LogP contribution in [-0.2, 0) is 0 Å². The van der Waals surface area contributed by atoms with Crippen LogP contribution in [0.5, 0.6) is 0 Å².